The summed E-state index contributed by atoms with van der Waals surface area (Å²) in [7, 11) is 0. The molecule has 1 heterocycles. The number of hydrogen-bond acceptors (Lipinski definition) is 3. The number of aryl methyl sites for hydroxylation is 1. The Morgan fingerprint density at radius 3 is 2.42 bits per heavy atom. The second-order valence-electron chi connectivity index (χ2n) is 4.27. The average molecular weight is 258 g/mol. The number of aldehydes is 1. The van der Waals surface area contributed by atoms with Crippen molar-refractivity contribution in [2.45, 2.75) is 13.8 Å². The van der Waals surface area contributed by atoms with Crippen LogP contribution in [-0.4, -0.2) is 22.0 Å². The van der Waals surface area contributed by atoms with E-state index in [4.69, 9.17) is 0 Å². The molecule has 0 unspecified atom stereocenters. The maximum atomic E-state index is 12.0. The topological polar surface area (TPSA) is 71.3 Å². The number of rotatable bonds is 3. The maximum Gasteiger partial charge on any atom is 0.270 e. The molecule has 0 aliphatic rings. The highest BCUT2D eigenvalue weighted by Gasteiger charge is 2.12. The van der Waals surface area contributed by atoms with Gasteiger partial charge in [0.1, 0.15) is 5.75 Å². The van der Waals surface area contributed by atoms with Gasteiger partial charge in [0.15, 0.2) is 6.29 Å². The Bertz CT molecular complexity index is 627. The molecule has 0 saturated carbocycles. The molecule has 1 aromatic heterocycles. The highest BCUT2D eigenvalue weighted by molar-refractivity contribution is 6.00. The minimum atomic E-state index is -0.306. The first-order valence-corrected chi connectivity index (χ1v) is 5.77. The summed E-state index contributed by atoms with van der Waals surface area (Å²) >= 11 is 0. The van der Waals surface area contributed by atoms with Gasteiger partial charge in [-0.25, -0.2) is 0 Å². The molecule has 0 spiro atoms. The lowest BCUT2D eigenvalue weighted by atomic mass is 10.2. The first-order valence-electron chi connectivity index (χ1n) is 5.77. The molecular weight excluding hydrogens is 244 g/mol. The fraction of sp³-hybridized carbons (Fsp3) is 0.143. The van der Waals surface area contributed by atoms with Crippen LogP contribution in [0.4, 0.5) is 0 Å². The van der Waals surface area contributed by atoms with Crippen LogP contribution in [-0.2, 0) is 0 Å². The highest BCUT2D eigenvalue weighted by atomic mass is 16.3. The summed E-state index contributed by atoms with van der Waals surface area (Å²) in [5.74, 6) is -0.202. The van der Waals surface area contributed by atoms with Gasteiger partial charge in [0.2, 0.25) is 0 Å². The maximum absolute atomic E-state index is 12.0. The van der Waals surface area contributed by atoms with Crippen LogP contribution in [0, 0.1) is 13.8 Å². The Kier molecular flexibility index (Phi) is 3.37. The van der Waals surface area contributed by atoms with Crippen molar-refractivity contribution < 1.29 is 14.7 Å². The third-order valence-electron chi connectivity index (χ3n) is 2.94. The van der Waals surface area contributed by atoms with Crippen LogP contribution in [0.25, 0.3) is 0 Å². The zero-order chi connectivity index (χ0) is 14.0. The fourth-order valence-corrected chi connectivity index (χ4v) is 1.86. The number of phenolic OH excluding ortho intramolecular Hbond substituents is 1. The number of hydrogen-bond donors (Lipinski definition) is 2. The van der Waals surface area contributed by atoms with E-state index < -0.39 is 0 Å². The number of carbonyl (C=O) groups excluding carboxylic acids is 2. The monoisotopic (exact) mass is 258 g/mol. The van der Waals surface area contributed by atoms with Crippen LogP contribution in [0.15, 0.2) is 30.3 Å². The quantitative estimate of drug-likeness (QED) is 0.827. The van der Waals surface area contributed by atoms with Gasteiger partial charge in [-0.15, -0.1) is 0 Å². The molecule has 0 fully saturated rings. The van der Waals surface area contributed by atoms with Crippen molar-refractivity contribution in [2.75, 3.05) is 5.43 Å². The minimum Gasteiger partial charge on any atom is -0.508 e. The molecule has 0 bridgehead atoms. The van der Waals surface area contributed by atoms with Gasteiger partial charge < -0.3 is 5.11 Å². The summed E-state index contributed by atoms with van der Waals surface area (Å²) in [6.45, 7) is 3.56. The Morgan fingerprint density at radius 1 is 1.26 bits per heavy atom. The van der Waals surface area contributed by atoms with E-state index in [1.807, 2.05) is 0 Å². The molecular formula is C14H14N2O3. The average Bonchev–Trinajstić information content (AvgIpc) is 2.67. The fourth-order valence-electron chi connectivity index (χ4n) is 1.86. The third-order valence-corrected chi connectivity index (χ3v) is 2.94. The van der Waals surface area contributed by atoms with E-state index in [0.29, 0.717) is 16.8 Å². The Labute approximate surface area is 110 Å². The van der Waals surface area contributed by atoms with Gasteiger partial charge >= 0.3 is 0 Å². The van der Waals surface area contributed by atoms with Crippen LogP contribution in [0.2, 0.25) is 0 Å². The summed E-state index contributed by atoms with van der Waals surface area (Å²) in [6, 6.07) is 7.65. The highest BCUT2D eigenvalue weighted by Crippen LogP contribution is 2.13. The molecule has 98 valence electrons. The van der Waals surface area contributed by atoms with Gasteiger partial charge in [-0.3, -0.25) is 19.7 Å². The number of nitrogens with one attached hydrogen (secondary N) is 1. The lowest BCUT2D eigenvalue weighted by Gasteiger charge is -2.11. The number of carbonyl (C=O) groups is 2. The predicted octanol–water partition coefficient (Wildman–Crippen LogP) is 2.01. The van der Waals surface area contributed by atoms with Crippen LogP contribution in [0.3, 0.4) is 0 Å². The molecule has 19 heavy (non-hydrogen) atoms. The molecule has 2 N–H and O–H groups in total. The molecule has 0 aliphatic heterocycles. The Balaban J connectivity index is 2.26. The number of aromatic nitrogens is 1. The smallest absolute Gasteiger partial charge is 0.270 e. The van der Waals surface area contributed by atoms with Crippen molar-refractivity contribution in [1.29, 1.82) is 0 Å². The molecule has 0 saturated heterocycles. The molecule has 0 aliphatic carbocycles. The van der Waals surface area contributed by atoms with Gasteiger partial charge in [-0.2, -0.15) is 0 Å². The summed E-state index contributed by atoms with van der Waals surface area (Å²) in [6.07, 6.45) is 0.756. The van der Waals surface area contributed by atoms with Gasteiger partial charge in [-0.1, -0.05) is 0 Å². The minimum absolute atomic E-state index is 0.105. The van der Waals surface area contributed by atoms with Crippen LogP contribution in [0.1, 0.15) is 32.1 Å². The van der Waals surface area contributed by atoms with E-state index in [1.54, 1.807) is 24.6 Å². The Morgan fingerprint density at radius 2 is 1.89 bits per heavy atom. The molecule has 0 radical (unpaired) electrons. The molecule has 1 amide bonds. The SMILES string of the molecule is Cc1cc(C=O)c(C)n1NC(=O)c1ccc(O)cc1. The van der Waals surface area contributed by atoms with Crippen molar-refractivity contribution >= 4 is 12.2 Å². The molecule has 0 atom stereocenters. The van der Waals surface area contributed by atoms with Crippen LogP contribution in [0.5, 0.6) is 5.75 Å². The second-order valence-corrected chi connectivity index (χ2v) is 4.27. The van der Waals surface area contributed by atoms with E-state index in [1.165, 1.54) is 24.3 Å². The van der Waals surface area contributed by atoms with Crippen molar-refractivity contribution in [2.24, 2.45) is 0 Å². The zero-order valence-electron chi connectivity index (χ0n) is 10.7. The van der Waals surface area contributed by atoms with E-state index >= 15 is 0 Å². The van der Waals surface area contributed by atoms with Gasteiger partial charge in [0, 0.05) is 22.5 Å². The standard InChI is InChI=1S/C14H14N2O3/c1-9-7-12(8-17)10(2)16(9)15-14(19)11-3-5-13(18)6-4-11/h3-8,18H,1-2H3,(H,15,19). The normalized spacial score (nSPS) is 10.2. The van der Waals surface area contributed by atoms with Crippen molar-refractivity contribution in [3.63, 3.8) is 0 Å². The molecule has 2 rings (SSSR count). The van der Waals surface area contributed by atoms with Gasteiger partial charge in [0.05, 0.1) is 0 Å². The first-order chi connectivity index (χ1) is 9.02. The predicted molar refractivity (Wildman–Crippen MR) is 71.1 cm³/mol. The van der Waals surface area contributed by atoms with Crippen molar-refractivity contribution in [3.05, 3.63) is 52.8 Å². The van der Waals surface area contributed by atoms with E-state index in [0.717, 1.165) is 12.0 Å². The zero-order valence-corrected chi connectivity index (χ0v) is 10.7. The van der Waals surface area contributed by atoms with Crippen LogP contribution < -0.4 is 5.43 Å². The lowest BCUT2D eigenvalue weighted by molar-refractivity contribution is 0.101. The third kappa shape index (κ3) is 2.49. The number of aromatic hydroxyl groups is 1. The largest absolute Gasteiger partial charge is 0.508 e. The van der Waals surface area contributed by atoms with Crippen molar-refractivity contribution in [3.8, 4) is 5.75 Å². The summed E-state index contributed by atoms with van der Waals surface area (Å²) in [4.78, 5) is 22.9. The number of phenols is 1. The lowest BCUT2D eigenvalue weighted by Crippen LogP contribution is -2.24. The molecule has 5 heteroatoms. The summed E-state index contributed by atoms with van der Waals surface area (Å²) < 4.78 is 1.57. The second kappa shape index (κ2) is 4.97. The number of benzene rings is 1. The Hall–Kier alpha value is -2.56. The van der Waals surface area contributed by atoms with Crippen molar-refractivity contribution in [1.82, 2.24) is 4.68 Å². The van der Waals surface area contributed by atoms with E-state index in [9.17, 15) is 14.7 Å². The molecule has 5 nitrogen and oxygen atoms in total. The number of amides is 1. The first kappa shape index (κ1) is 12.9. The number of nitrogens with zero attached hydrogens (tertiary/aromatic N) is 1. The summed E-state index contributed by atoms with van der Waals surface area (Å²) in [5, 5.41) is 9.18. The van der Waals surface area contributed by atoms with E-state index in [2.05, 4.69) is 5.43 Å². The van der Waals surface area contributed by atoms with Gasteiger partial charge in [0.25, 0.3) is 5.91 Å². The van der Waals surface area contributed by atoms with Crippen LogP contribution >= 0.6 is 0 Å². The van der Waals surface area contributed by atoms with Gasteiger partial charge in [-0.05, 0) is 44.2 Å². The summed E-state index contributed by atoms with van der Waals surface area (Å²) in [5.41, 5.74) is 5.13. The molecule has 2 aromatic rings. The molecule has 1 aromatic carbocycles. The van der Waals surface area contributed by atoms with E-state index in [-0.39, 0.29) is 11.7 Å².